The monoisotopic (exact) mass is 258 g/mol. The van der Waals surface area contributed by atoms with E-state index in [1.807, 2.05) is 24.3 Å². The summed E-state index contributed by atoms with van der Waals surface area (Å²) in [6, 6.07) is 10.6. The van der Waals surface area contributed by atoms with Crippen molar-refractivity contribution in [3.8, 4) is 0 Å². The third-order valence-corrected chi connectivity index (χ3v) is 4.35. The van der Waals surface area contributed by atoms with Crippen LogP contribution in [0.1, 0.15) is 21.5 Å². The Morgan fingerprint density at radius 3 is 2.67 bits per heavy atom. The first-order chi connectivity index (χ1) is 8.76. The van der Waals surface area contributed by atoms with Crippen molar-refractivity contribution in [3.63, 3.8) is 0 Å². The zero-order valence-corrected chi connectivity index (χ0v) is 10.5. The number of carbonyl (C=O) groups is 1. The van der Waals surface area contributed by atoms with Crippen LogP contribution in [0.15, 0.2) is 46.2 Å². The number of fused-ring (bicyclic) bond motifs is 2. The Kier molecular flexibility index (Phi) is 2.92. The summed E-state index contributed by atoms with van der Waals surface area (Å²) in [7, 11) is 0. The zero-order chi connectivity index (χ0) is 12.5. The molecule has 0 radical (unpaired) electrons. The lowest BCUT2D eigenvalue weighted by Crippen LogP contribution is -1.92. The number of aryl methyl sites for hydroxylation is 2. The summed E-state index contributed by atoms with van der Waals surface area (Å²) in [5.41, 5.74) is 2.96. The average Bonchev–Trinajstić information content (AvgIpc) is 2.56. The van der Waals surface area contributed by atoms with Gasteiger partial charge in [0, 0.05) is 15.4 Å². The molecule has 0 aliphatic carbocycles. The van der Waals surface area contributed by atoms with Gasteiger partial charge in [0.2, 0.25) is 0 Å². The molecule has 0 spiro atoms. The van der Waals surface area contributed by atoms with E-state index in [0.717, 1.165) is 34.5 Å². The van der Waals surface area contributed by atoms with Crippen molar-refractivity contribution >= 4 is 18.0 Å². The van der Waals surface area contributed by atoms with Gasteiger partial charge in [0.15, 0.2) is 0 Å². The van der Waals surface area contributed by atoms with E-state index in [-0.39, 0.29) is 5.82 Å². The molecule has 0 atom stereocenters. The van der Waals surface area contributed by atoms with E-state index >= 15 is 0 Å². The molecular weight excluding hydrogens is 247 g/mol. The molecule has 90 valence electrons. The van der Waals surface area contributed by atoms with Crippen LogP contribution in [0.3, 0.4) is 0 Å². The largest absolute Gasteiger partial charge is 0.298 e. The average molecular weight is 258 g/mol. The third kappa shape index (κ3) is 2.06. The molecule has 0 saturated heterocycles. The van der Waals surface area contributed by atoms with Crippen molar-refractivity contribution in [1.82, 2.24) is 0 Å². The Hall–Kier alpha value is -1.61. The second kappa shape index (κ2) is 4.58. The number of hydrogen-bond acceptors (Lipinski definition) is 2. The number of hydrogen-bond donors (Lipinski definition) is 0. The Morgan fingerprint density at radius 2 is 1.83 bits per heavy atom. The first-order valence-corrected chi connectivity index (χ1v) is 6.62. The van der Waals surface area contributed by atoms with Crippen LogP contribution >= 0.6 is 11.8 Å². The van der Waals surface area contributed by atoms with E-state index in [0.29, 0.717) is 5.56 Å². The van der Waals surface area contributed by atoms with Gasteiger partial charge in [-0.05, 0) is 48.2 Å². The molecule has 18 heavy (non-hydrogen) atoms. The molecule has 2 aromatic rings. The highest BCUT2D eigenvalue weighted by molar-refractivity contribution is 7.99. The highest BCUT2D eigenvalue weighted by Gasteiger charge is 2.14. The van der Waals surface area contributed by atoms with E-state index in [2.05, 4.69) is 0 Å². The smallest absolute Gasteiger partial charge is 0.150 e. The van der Waals surface area contributed by atoms with E-state index < -0.39 is 0 Å². The summed E-state index contributed by atoms with van der Waals surface area (Å²) in [4.78, 5) is 13.0. The van der Waals surface area contributed by atoms with Gasteiger partial charge in [-0.25, -0.2) is 4.39 Å². The maximum Gasteiger partial charge on any atom is 0.150 e. The van der Waals surface area contributed by atoms with Crippen LogP contribution in [0, 0.1) is 5.82 Å². The minimum absolute atomic E-state index is 0.186. The van der Waals surface area contributed by atoms with Gasteiger partial charge >= 0.3 is 0 Å². The molecule has 0 N–H and O–H groups in total. The van der Waals surface area contributed by atoms with E-state index in [1.165, 1.54) is 11.6 Å². The van der Waals surface area contributed by atoms with Crippen molar-refractivity contribution in [2.75, 3.05) is 0 Å². The molecule has 0 amide bonds. The van der Waals surface area contributed by atoms with Crippen molar-refractivity contribution in [1.29, 1.82) is 0 Å². The minimum atomic E-state index is -0.186. The van der Waals surface area contributed by atoms with Gasteiger partial charge in [0.05, 0.1) is 0 Å². The molecule has 2 aromatic carbocycles. The van der Waals surface area contributed by atoms with Crippen LogP contribution in [-0.2, 0) is 12.8 Å². The number of benzene rings is 2. The number of rotatable bonds is 1. The van der Waals surface area contributed by atoms with Gasteiger partial charge < -0.3 is 0 Å². The van der Waals surface area contributed by atoms with E-state index in [1.54, 1.807) is 17.8 Å². The number of aldehydes is 1. The fourth-order valence-corrected chi connectivity index (χ4v) is 3.34. The van der Waals surface area contributed by atoms with Crippen LogP contribution in [0.25, 0.3) is 0 Å². The summed E-state index contributed by atoms with van der Waals surface area (Å²) in [6.07, 6.45) is 2.59. The topological polar surface area (TPSA) is 17.1 Å². The number of carbonyl (C=O) groups excluding carboxylic acids is 1. The van der Waals surface area contributed by atoms with Crippen molar-refractivity contribution in [2.24, 2.45) is 0 Å². The molecular formula is C15H11FOS. The predicted octanol–water partition coefficient (Wildman–Crippen LogP) is 3.89. The first kappa shape index (κ1) is 11.5. The highest BCUT2D eigenvalue weighted by atomic mass is 32.2. The predicted molar refractivity (Wildman–Crippen MR) is 69.8 cm³/mol. The highest BCUT2D eigenvalue weighted by Crippen LogP contribution is 2.37. The Labute approximate surface area is 109 Å². The van der Waals surface area contributed by atoms with E-state index in [4.69, 9.17) is 0 Å². The molecule has 3 heteroatoms. The maximum atomic E-state index is 13.2. The molecule has 0 aromatic heterocycles. The third-order valence-electron chi connectivity index (χ3n) is 3.13. The Balaban J connectivity index is 2.07. The molecule has 0 saturated carbocycles. The normalized spacial score (nSPS) is 13.4. The van der Waals surface area contributed by atoms with Crippen LogP contribution in [-0.4, -0.2) is 6.29 Å². The Bertz CT molecular complexity index is 622. The summed E-state index contributed by atoms with van der Waals surface area (Å²) in [5, 5.41) is 0. The minimum Gasteiger partial charge on any atom is -0.298 e. The number of halogens is 1. The molecule has 0 unspecified atom stereocenters. The van der Waals surface area contributed by atoms with Gasteiger partial charge in [-0.3, -0.25) is 4.79 Å². The van der Waals surface area contributed by atoms with Gasteiger partial charge in [-0.1, -0.05) is 23.9 Å². The fraction of sp³-hybridized carbons (Fsp3) is 0.133. The zero-order valence-electron chi connectivity index (χ0n) is 9.65. The molecule has 1 aliphatic heterocycles. The first-order valence-electron chi connectivity index (χ1n) is 5.80. The molecule has 0 bridgehead atoms. The second-order valence-corrected chi connectivity index (χ2v) is 5.42. The lowest BCUT2D eigenvalue weighted by Gasteiger charge is -2.06. The molecule has 1 heterocycles. The molecule has 1 nitrogen and oxygen atoms in total. The molecule has 3 rings (SSSR count). The van der Waals surface area contributed by atoms with Gasteiger partial charge in [0.1, 0.15) is 12.1 Å². The van der Waals surface area contributed by atoms with Crippen LogP contribution in [0.2, 0.25) is 0 Å². The molecule has 0 fully saturated rings. The lowest BCUT2D eigenvalue weighted by molar-refractivity contribution is 0.112. The van der Waals surface area contributed by atoms with Crippen molar-refractivity contribution in [3.05, 3.63) is 58.9 Å². The summed E-state index contributed by atoms with van der Waals surface area (Å²) in [5.74, 6) is -0.186. The summed E-state index contributed by atoms with van der Waals surface area (Å²) in [6.45, 7) is 0. The lowest BCUT2D eigenvalue weighted by atomic mass is 10.0. The SMILES string of the molecule is O=Cc1ccc2c(c1)Sc1ccc(F)cc1CC2. The summed E-state index contributed by atoms with van der Waals surface area (Å²) < 4.78 is 13.2. The Morgan fingerprint density at radius 1 is 1.00 bits per heavy atom. The van der Waals surface area contributed by atoms with Crippen LogP contribution in [0.5, 0.6) is 0 Å². The van der Waals surface area contributed by atoms with Gasteiger partial charge in [0.25, 0.3) is 0 Å². The van der Waals surface area contributed by atoms with Gasteiger partial charge in [-0.15, -0.1) is 0 Å². The molecule has 1 aliphatic rings. The van der Waals surface area contributed by atoms with Crippen molar-refractivity contribution in [2.45, 2.75) is 22.6 Å². The standard InChI is InChI=1S/C15H11FOS/c16-13-5-6-14-12(8-13)4-3-11-2-1-10(9-17)7-15(11)18-14/h1-2,5-9H,3-4H2. The van der Waals surface area contributed by atoms with Crippen LogP contribution < -0.4 is 0 Å². The van der Waals surface area contributed by atoms with Crippen molar-refractivity contribution < 1.29 is 9.18 Å². The maximum absolute atomic E-state index is 13.2. The quantitative estimate of drug-likeness (QED) is 0.722. The summed E-state index contributed by atoms with van der Waals surface area (Å²) >= 11 is 1.62. The van der Waals surface area contributed by atoms with Gasteiger partial charge in [-0.2, -0.15) is 0 Å². The second-order valence-electron chi connectivity index (χ2n) is 4.34. The fourth-order valence-electron chi connectivity index (χ4n) is 2.18. The van der Waals surface area contributed by atoms with E-state index in [9.17, 15) is 9.18 Å². The van der Waals surface area contributed by atoms with Crippen LogP contribution in [0.4, 0.5) is 4.39 Å².